The average Bonchev–Trinajstić information content (AvgIpc) is 2.73. The summed E-state index contributed by atoms with van der Waals surface area (Å²) in [7, 11) is 3.12. The van der Waals surface area contributed by atoms with Crippen LogP contribution in [0.5, 0.6) is 11.5 Å². The Bertz CT molecular complexity index is 1010. The van der Waals surface area contributed by atoms with Crippen LogP contribution in [0.25, 0.3) is 0 Å². The lowest BCUT2D eigenvalue weighted by Gasteiger charge is -2.38. The highest BCUT2D eigenvalue weighted by molar-refractivity contribution is 6.07. The van der Waals surface area contributed by atoms with Crippen molar-refractivity contribution in [3.05, 3.63) is 65.1 Å². The molecule has 0 saturated heterocycles. The normalized spacial score (nSPS) is 19.3. The van der Waals surface area contributed by atoms with Crippen LogP contribution in [0.4, 0.5) is 10.1 Å². The number of carbonyl (C=O) groups excluding carboxylic acids is 2. The molecule has 6 heteroatoms. The third kappa shape index (κ3) is 3.28. The lowest BCUT2D eigenvalue weighted by Crippen LogP contribution is -2.41. The summed E-state index contributed by atoms with van der Waals surface area (Å²) in [5, 5.41) is 0. The van der Waals surface area contributed by atoms with Crippen LogP contribution in [0, 0.1) is 5.82 Å². The Kier molecular flexibility index (Phi) is 5.09. The molecule has 5 nitrogen and oxygen atoms in total. The zero-order valence-corrected chi connectivity index (χ0v) is 16.4. The Balaban J connectivity index is 1.91. The number of carbonyl (C=O) groups is 2. The standard InChI is InChI=1S/C23H22FNO4/c1-28-14-10-11-21(29-2)15(12-14)16-13-22(27)25(18-7-4-3-6-17(18)24)19-8-5-9-20(26)23(16)19/h3-4,6-7,10-12,16H,5,8-9,13H2,1-2H3/t16-/m1/s1. The van der Waals surface area contributed by atoms with Gasteiger partial charge < -0.3 is 9.47 Å². The summed E-state index contributed by atoms with van der Waals surface area (Å²) in [4.78, 5) is 27.6. The van der Waals surface area contributed by atoms with Crippen molar-refractivity contribution in [2.45, 2.75) is 31.6 Å². The molecule has 1 aliphatic heterocycles. The molecule has 0 spiro atoms. The molecule has 0 aromatic heterocycles. The lowest BCUT2D eigenvalue weighted by molar-refractivity contribution is -0.120. The number of anilines is 1. The van der Waals surface area contributed by atoms with Crippen molar-refractivity contribution in [3.63, 3.8) is 0 Å². The molecule has 1 amide bonds. The molecular formula is C23H22FNO4. The highest BCUT2D eigenvalue weighted by Crippen LogP contribution is 2.46. The molecular weight excluding hydrogens is 373 g/mol. The predicted octanol–water partition coefficient (Wildman–Crippen LogP) is 4.37. The van der Waals surface area contributed by atoms with E-state index in [1.165, 1.54) is 11.0 Å². The number of amides is 1. The number of methoxy groups -OCH3 is 2. The molecule has 4 rings (SSSR count). The Hall–Kier alpha value is -3.15. The van der Waals surface area contributed by atoms with Crippen LogP contribution in [0.3, 0.4) is 0 Å². The predicted molar refractivity (Wildman–Crippen MR) is 107 cm³/mol. The maximum absolute atomic E-state index is 14.5. The molecule has 1 aliphatic carbocycles. The highest BCUT2D eigenvalue weighted by atomic mass is 19.1. The number of hydrogen-bond acceptors (Lipinski definition) is 4. The van der Waals surface area contributed by atoms with Gasteiger partial charge in [-0.1, -0.05) is 12.1 Å². The molecule has 0 bridgehead atoms. The van der Waals surface area contributed by atoms with Gasteiger partial charge in [0.1, 0.15) is 17.3 Å². The Morgan fingerprint density at radius 1 is 1.03 bits per heavy atom. The third-order valence-electron chi connectivity index (χ3n) is 5.58. The minimum atomic E-state index is -0.483. The molecule has 1 atom stereocenters. The fourth-order valence-corrected chi connectivity index (χ4v) is 4.28. The molecule has 2 aromatic rings. The summed E-state index contributed by atoms with van der Waals surface area (Å²) in [5.74, 6) is 0.0400. The van der Waals surface area contributed by atoms with Gasteiger partial charge >= 0.3 is 0 Å². The average molecular weight is 395 g/mol. The molecule has 0 fully saturated rings. The molecule has 0 radical (unpaired) electrons. The van der Waals surface area contributed by atoms with Crippen molar-refractivity contribution in [1.82, 2.24) is 0 Å². The van der Waals surface area contributed by atoms with E-state index in [1.54, 1.807) is 44.6 Å². The molecule has 1 heterocycles. The van der Waals surface area contributed by atoms with E-state index < -0.39 is 11.7 Å². The first kappa shape index (κ1) is 19.2. The van der Waals surface area contributed by atoms with Crippen molar-refractivity contribution in [2.75, 3.05) is 19.1 Å². The summed E-state index contributed by atoms with van der Waals surface area (Å²) in [6.07, 6.45) is 1.66. The van der Waals surface area contributed by atoms with Crippen LogP contribution in [0.15, 0.2) is 53.7 Å². The van der Waals surface area contributed by atoms with E-state index in [0.717, 1.165) is 5.56 Å². The van der Waals surface area contributed by atoms with Crippen molar-refractivity contribution < 1.29 is 23.5 Å². The van der Waals surface area contributed by atoms with Gasteiger partial charge in [-0.2, -0.15) is 0 Å². The van der Waals surface area contributed by atoms with Crippen LogP contribution in [-0.2, 0) is 9.59 Å². The lowest BCUT2D eigenvalue weighted by atomic mass is 9.76. The van der Waals surface area contributed by atoms with Gasteiger partial charge in [0.15, 0.2) is 5.78 Å². The van der Waals surface area contributed by atoms with E-state index in [1.807, 2.05) is 6.07 Å². The van der Waals surface area contributed by atoms with Crippen molar-refractivity contribution >= 4 is 17.4 Å². The Labute approximate surface area is 168 Å². The number of benzene rings is 2. The fraction of sp³-hybridized carbons (Fsp3) is 0.304. The molecule has 2 aromatic carbocycles. The van der Waals surface area contributed by atoms with E-state index in [-0.39, 0.29) is 23.8 Å². The van der Waals surface area contributed by atoms with Crippen molar-refractivity contribution in [2.24, 2.45) is 0 Å². The van der Waals surface area contributed by atoms with Gasteiger partial charge in [-0.15, -0.1) is 0 Å². The number of ether oxygens (including phenoxy) is 2. The molecule has 2 aliphatic rings. The van der Waals surface area contributed by atoms with Crippen LogP contribution in [-0.4, -0.2) is 25.9 Å². The molecule has 29 heavy (non-hydrogen) atoms. The topological polar surface area (TPSA) is 55.8 Å². The van der Waals surface area contributed by atoms with Crippen molar-refractivity contribution in [3.8, 4) is 11.5 Å². The third-order valence-corrected chi connectivity index (χ3v) is 5.58. The second kappa shape index (κ2) is 7.70. The number of nitrogens with zero attached hydrogens (tertiary/aromatic N) is 1. The van der Waals surface area contributed by atoms with Gasteiger partial charge in [-0.25, -0.2) is 4.39 Å². The van der Waals surface area contributed by atoms with Crippen LogP contribution in [0.1, 0.15) is 37.2 Å². The number of rotatable bonds is 4. The number of hydrogen-bond donors (Lipinski definition) is 0. The summed E-state index contributed by atoms with van der Waals surface area (Å²) in [6.45, 7) is 0. The van der Waals surface area contributed by atoms with Gasteiger partial charge in [-0.3, -0.25) is 14.5 Å². The van der Waals surface area contributed by atoms with E-state index in [4.69, 9.17) is 9.47 Å². The van der Waals surface area contributed by atoms with E-state index >= 15 is 0 Å². The molecule has 150 valence electrons. The first-order chi connectivity index (χ1) is 14.0. The van der Waals surface area contributed by atoms with Gasteiger partial charge in [0.25, 0.3) is 0 Å². The Morgan fingerprint density at radius 2 is 1.83 bits per heavy atom. The second-order valence-electron chi connectivity index (χ2n) is 7.18. The number of allylic oxidation sites excluding steroid dienone is 2. The summed E-state index contributed by atoms with van der Waals surface area (Å²) in [5.41, 5.74) is 2.09. The number of ketones is 1. The van der Waals surface area contributed by atoms with Gasteiger partial charge in [-0.05, 0) is 43.2 Å². The minimum Gasteiger partial charge on any atom is -0.497 e. The number of Topliss-reactive ketones (excluding diaryl/α,β-unsaturated/α-hetero) is 1. The second-order valence-corrected chi connectivity index (χ2v) is 7.18. The van der Waals surface area contributed by atoms with Gasteiger partial charge in [0.2, 0.25) is 5.91 Å². The highest BCUT2D eigenvalue weighted by Gasteiger charge is 2.41. The zero-order valence-electron chi connectivity index (χ0n) is 16.4. The van der Waals surface area contributed by atoms with Gasteiger partial charge in [0.05, 0.1) is 19.9 Å². The molecule has 0 N–H and O–H groups in total. The van der Waals surface area contributed by atoms with E-state index in [0.29, 0.717) is 42.0 Å². The first-order valence-corrected chi connectivity index (χ1v) is 9.60. The molecule has 0 unspecified atom stereocenters. The van der Waals surface area contributed by atoms with Crippen molar-refractivity contribution in [1.29, 1.82) is 0 Å². The summed E-state index contributed by atoms with van der Waals surface area (Å²) >= 11 is 0. The van der Waals surface area contributed by atoms with Gasteiger partial charge in [0, 0.05) is 35.6 Å². The number of para-hydroxylation sites is 1. The quantitative estimate of drug-likeness (QED) is 0.771. The molecule has 0 saturated carbocycles. The summed E-state index contributed by atoms with van der Waals surface area (Å²) < 4.78 is 25.3. The zero-order chi connectivity index (χ0) is 20.5. The number of halogens is 1. The SMILES string of the molecule is COc1ccc(OC)c([C@H]2CC(=O)N(c3ccccc3F)C3=C2C(=O)CCC3)c1. The van der Waals surface area contributed by atoms with Crippen LogP contribution >= 0.6 is 0 Å². The maximum Gasteiger partial charge on any atom is 0.232 e. The Morgan fingerprint density at radius 3 is 2.55 bits per heavy atom. The first-order valence-electron chi connectivity index (χ1n) is 9.60. The largest absolute Gasteiger partial charge is 0.497 e. The minimum absolute atomic E-state index is 0.00466. The monoisotopic (exact) mass is 395 g/mol. The fourth-order valence-electron chi connectivity index (χ4n) is 4.28. The van der Waals surface area contributed by atoms with Crippen LogP contribution in [0.2, 0.25) is 0 Å². The smallest absolute Gasteiger partial charge is 0.232 e. The van der Waals surface area contributed by atoms with E-state index in [2.05, 4.69) is 0 Å². The maximum atomic E-state index is 14.5. The van der Waals surface area contributed by atoms with E-state index in [9.17, 15) is 14.0 Å². The van der Waals surface area contributed by atoms with Crippen LogP contribution < -0.4 is 14.4 Å². The summed E-state index contributed by atoms with van der Waals surface area (Å²) in [6, 6.07) is 11.5.